The van der Waals surface area contributed by atoms with Crippen LogP contribution in [0.15, 0.2) is 29.2 Å². The summed E-state index contributed by atoms with van der Waals surface area (Å²) in [4.78, 5) is 25.7. The lowest BCUT2D eigenvalue weighted by Gasteiger charge is -2.23. The minimum absolute atomic E-state index is 0.0401. The van der Waals surface area contributed by atoms with Crippen LogP contribution < -0.4 is 0 Å². The highest BCUT2D eigenvalue weighted by Crippen LogP contribution is 2.28. The maximum atomic E-state index is 12.2. The Labute approximate surface area is 133 Å². The molecular formula is C15H18ClNO3S. The van der Waals surface area contributed by atoms with Gasteiger partial charge in [-0.25, -0.2) is 0 Å². The Hall–Kier alpha value is -1.20. The fourth-order valence-corrected chi connectivity index (χ4v) is 3.71. The Kier molecular flexibility index (Phi) is 5.94. The number of nitrogens with zero attached hydrogens (tertiary/aromatic N) is 1. The Balaban J connectivity index is 1.81. The summed E-state index contributed by atoms with van der Waals surface area (Å²) in [7, 11) is 0. The second kappa shape index (κ2) is 7.71. The average Bonchev–Trinajstić information content (AvgIpc) is 2.88. The number of hydrogen-bond acceptors (Lipinski definition) is 3. The van der Waals surface area contributed by atoms with Crippen LogP contribution in [0.25, 0.3) is 0 Å². The Morgan fingerprint density at radius 3 is 2.86 bits per heavy atom. The molecule has 2 rings (SSSR count). The van der Waals surface area contributed by atoms with E-state index in [2.05, 4.69) is 0 Å². The maximum absolute atomic E-state index is 12.2. The van der Waals surface area contributed by atoms with Crippen LogP contribution in [-0.2, 0) is 9.59 Å². The van der Waals surface area contributed by atoms with Gasteiger partial charge in [-0.2, -0.15) is 0 Å². The molecule has 21 heavy (non-hydrogen) atoms. The van der Waals surface area contributed by atoms with E-state index in [1.807, 2.05) is 24.3 Å². The van der Waals surface area contributed by atoms with Crippen LogP contribution in [0.5, 0.6) is 0 Å². The first kappa shape index (κ1) is 16.2. The van der Waals surface area contributed by atoms with Gasteiger partial charge in [-0.1, -0.05) is 23.7 Å². The van der Waals surface area contributed by atoms with Gasteiger partial charge in [0.2, 0.25) is 5.91 Å². The third-order valence-corrected chi connectivity index (χ3v) is 5.03. The molecular weight excluding hydrogens is 310 g/mol. The monoisotopic (exact) mass is 327 g/mol. The number of carboxylic acids is 1. The van der Waals surface area contributed by atoms with Crippen LogP contribution in [0.1, 0.15) is 25.7 Å². The summed E-state index contributed by atoms with van der Waals surface area (Å²) in [5.74, 6) is -0.151. The number of carboxylic acid groups (broad SMARTS) is 1. The number of rotatable bonds is 6. The van der Waals surface area contributed by atoms with Crippen molar-refractivity contribution < 1.29 is 14.7 Å². The van der Waals surface area contributed by atoms with E-state index in [-0.39, 0.29) is 18.4 Å². The molecule has 1 atom stereocenters. The molecule has 0 radical (unpaired) electrons. The molecule has 1 fully saturated rings. The van der Waals surface area contributed by atoms with Crippen LogP contribution in [-0.4, -0.2) is 40.2 Å². The lowest BCUT2D eigenvalue weighted by molar-refractivity contribution is -0.139. The summed E-state index contributed by atoms with van der Waals surface area (Å²) in [5, 5.41) is 9.57. The molecule has 4 nitrogen and oxygen atoms in total. The van der Waals surface area contributed by atoms with Crippen molar-refractivity contribution in [2.24, 2.45) is 0 Å². The summed E-state index contributed by atoms with van der Waals surface area (Å²) < 4.78 is 0. The zero-order valence-electron chi connectivity index (χ0n) is 11.6. The summed E-state index contributed by atoms with van der Waals surface area (Å²) in [6.45, 7) is 0.674. The smallest absolute Gasteiger partial charge is 0.305 e. The van der Waals surface area contributed by atoms with Crippen LogP contribution in [0.3, 0.4) is 0 Å². The molecule has 1 unspecified atom stereocenters. The lowest BCUT2D eigenvalue weighted by Crippen LogP contribution is -2.36. The number of benzene rings is 1. The van der Waals surface area contributed by atoms with E-state index in [9.17, 15) is 9.59 Å². The van der Waals surface area contributed by atoms with Gasteiger partial charge < -0.3 is 10.0 Å². The van der Waals surface area contributed by atoms with Crippen molar-refractivity contribution in [3.63, 3.8) is 0 Å². The molecule has 1 N–H and O–H groups in total. The fourth-order valence-electron chi connectivity index (χ4n) is 2.53. The van der Waals surface area contributed by atoms with Gasteiger partial charge >= 0.3 is 5.97 Å². The molecule has 0 saturated carbocycles. The van der Waals surface area contributed by atoms with E-state index < -0.39 is 5.97 Å². The van der Waals surface area contributed by atoms with Crippen molar-refractivity contribution in [1.29, 1.82) is 0 Å². The van der Waals surface area contributed by atoms with Gasteiger partial charge in [-0.3, -0.25) is 9.59 Å². The van der Waals surface area contributed by atoms with Crippen molar-refractivity contribution in [3.05, 3.63) is 29.3 Å². The quantitative estimate of drug-likeness (QED) is 0.815. The Bertz CT molecular complexity index is 523. The normalized spacial score (nSPS) is 18.0. The second-order valence-electron chi connectivity index (χ2n) is 5.01. The first-order valence-electron chi connectivity index (χ1n) is 6.96. The van der Waals surface area contributed by atoms with Crippen molar-refractivity contribution in [2.75, 3.05) is 12.3 Å². The summed E-state index contributed by atoms with van der Waals surface area (Å²) in [6.07, 6.45) is 2.13. The van der Waals surface area contributed by atoms with E-state index in [4.69, 9.17) is 16.7 Å². The predicted molar refractivity (Wildman–Crippen MR) is 83.8 cm³/mol. The molecule has 1 aliphatic heterocycles. The second-order valence-corrected chi connectivity index (χ2v) is 6.55. The highest BCUT2D eigenvalue weighted by molar-refractivity contribution is 7.99. The summed E-state index contributed by atoms with van der Waals surface area (Å²) >= 11 is 7.62. The van der Waals surface area contributed by atoms with Gasteiger partial charge in [0.05, 0.1) is 11.4 Å². The van der Waals surface area contributed by atoms with Crippen LogP contribution in [0.2, 0.25) is 5.02 Å². The standard InChI is InChI=1S/C15H18ClNO3S/c16-12-5-1-2-6-13(12)21-9-7-14(18)17-8-3-4-11(17)10-15(19)20/h1-2,5-6,11H,3-4,7-10H2,(H,19,20). The van der Waals surface area contributed by atoms with E-state index in [1.165, 1.54) is 0 Å². The lowest BCUT2D eigenvalue weighted by atomic mass is 10.1. The molecule has 1 aromatic rings. The minimum Gasteiger partial charge on any atom is -0.481 e. The number of amides is 1. The van der Waals surface area contributed by atoms with E-state index >= 15 is 0 Å². The van der Waals surface area contributed by atoms with Crippen LogP contribution in [0, 0.1) is 0 Å². The Morgan fingerprint density at radius 1 is 1.38 bits per heavy atom. The third-order valence-electron chi connectivity index (χ3n) is 3.52. The molecule has 1 amide bonds. The number of aliphatic carboxylic acids is 1. The number of hydrogen-bond donors (Lipinski definition) is 1. The molecule has 1 heterocycles. The van der Waals surface area contributed by atoms with Gasteiger partial charge in [0.1, 0.15) is 0 Å². The zero-order chi connectivity index (χ0) is 15.2. The number of thioether (sulfide) groups is 1. The minimum atomic E-state index is -0.842. The largest absolute Gasteiger partial charge is 0.481 e. The van der Waals surface area contributed by atoms with Gasteiger partial charge in [-0.05, 0) is 25.0 Å². The first-order chi connectivity index (χ1) is 10.1. The molecule has 1 aliphatic rings. The molecule has 0 aromatic heterocycles. The molecule has 0 spiro atoms. The van der Waals surface area contributed by atoms with Gasteiger partial charge in [0, 0.05) is 29.7 Å². The summed E-state index contributed by atoms with van der Waals surface area (Å²) in [5.41, 5.74) is 0. The van der Waals surface area contributed by atoms with Crippen molar-refractivity contribution in [3.8, 4) is 0 Å². The van der Waals surface area contributed by atoms with Gasteiger partial charge in [0.15, 0.2) is 0 Å². The number of carbonyl (C=O) groups is 2. The first-order valence-corrected chi connectivity index (χ1v) is 8.33. The summed E-state index contributed by atoms with van der Waals surface area (Å²) in [6, 6.07) is 7.41. The average molecular weight is 328 g/mol. The third kappa shape index (κ3) is 4.64. The zero-order valence-corrected chi connectivity index (χ0v) is 13.2. The fraction of sp³-hybridized carbons (Fsp3) is 0.467. The van der Waals surface area contributed by atoms with Crippen LogP contribution >= 0.6 is 23.4 Å². The number of halogens is 1. The van der Waals surface area contributed by atoms with Gasteiger partial charge in [-0.15, -0.1) is 11.8 Å². The maximum Gasteiger partial charge on any atom is 0.305 e. The van der Waals surface area contributed by atoms with Gasteiger partial charge in [0.25, 0.3) is 0 Å². The SMILES string of the molecule is O=C(O)CC1CCCN1C(=O)CCSc1ccccc1Cl. The highest BCUT2D eigenvalue weighted by Gasteiger charge is 2.29. The number of likely N-dealkylation sites (tertiary alicyclic amines) is 1. The topological polar surface area (TPSA) is 57.6 Å². The molecule has 114 valence electrons. The molecule has 1 aromatic carbocycles. The van der Waals surface area contributed by atoms with E-state index in [0.29, 0.717) is 23.7 Å². The molecule has 0 aliphatic carbocycles. The predicted octanol–water partition coefficient (Wildman–Crippen LogP) is 3.29. The number of carbonyl (C=O) groups excluding carboxylic acids is 1. The van der Waals surface area contributed by atoms with Crippen molar-refractivity contribution in [2.45, 2.75) is 36.6 Å². The highest BCUT2D eigenvalue weighted by atomic mass is 35.5. The van der Waals surface area contributed by atoms with E-state index in [1.54, 1.807) is 16.7 Å². The molecule has 6 heteroatoms. The molecule has 1 saturated heterocycles. The van der Waals surface area contributed by atoms with Crippen molar-refractivity contribution >= 4 is 35.2 Å². The Morgan fingerprint density at radius 2 is 2.14 bits per heavy atom. The van der Waals surface area contributed by atoms with Crippen LogP contribution in [0.4, 0.5) is 0 Å². The molecule has 0 bridgehead atoms. The van der Waals surface area contributed by atoms with E-state index in [0.717, 1.165) is 17.7 Å². The van der Waals surface area contributed by atoms with Crippen molar-refractivity contribution in [1.82, 2.24) is 4.90 Å².